The first-order valence-electron chi connectivity index (χ1n) is 4.92. The highest BCUT2D eigenvalue weighted by molar-refractivity contribution is 9.10. The summed E-state index contributed by atoms with van der Waals surface area (Å²) in [5.74, 6) is -0.300. The fraction of sp³-hybridized carbons (Fsp3) is 0.0909. The number of aromatic hydroxyl groups is 1. The number of rotatable bonds is 3. The zero-order valence-electron chi connectivity index (χ0n) is 8.77. The van der Waals surface area contributed by atoms with E-state index in [9.17, 15) is 9.90 Å². The maximum atomic E-state index is 11.4. The molecule has 0 saturated carbocycles. The van der Waals surface area contributed by atoms with Crippen LogP contribution < -0.4 is 10.9 Å². The van der Waals surface area contributed by atoms with Crippen LogP contribution in [0.3, 0.4) is 0 Å². The van der Waals surface area contributed by atoms with Crippen LogP contribution in [0.5, 0.6) is 5.88 Å². The zero-order chi connectivity index (χ0) is 12.3. The molecule has 0 aliphatic carbocycles. The molecule has 1 heterocycles. The van der Waals surface area contributed by atoms with E-state index in [1.54, 1.807) is 0 Å². The highest BCUT2D eigenvalue weighted by atomic mass is 79.9. The topological polar surface area (TPSA) is 78.0 Å². The van der Waals surface area contributed by atoms with Gasteiger partial charge in [0.1, 0.15) is 0 Å². The number of halogens is 1. The van der Waals surface area contributed by atoms with E-state index < -0.39 is 5.56 Å². The molecule has 0 bridgehead atoms. The van der Waals surface area contributed by atoms with E-state index in [1.165, 1.54) is 0 Å². The van der Waals surface area contributed by atoms with Crippen LogP contribution in [-0.4, -0.2) is 15.1 Å². The summed E-state index contributed by atoms with van der Waals surface area (Å²) in [6, 6.07) is 7.64. The van der Waals surface area contributed by atoms with E-state index >= 15 is 0 Å². The average Bonchev–Trinajstić information content (AvgIpc) is 2.31. The number of aromatic amines is 1. The molecule has 0 spiro atoms. The van der Waals surface area contributed by atoms with E-state index in [1.807, 2.05) is 24.3 Å². The van der Waals surface area contributed by atoms with Crippen molar-refractivity contribution in [1.82, 2.24) is 9.97 Å². The third kappa shape index (κ3) is 2.85. The number of nitrogens with zero attached hydrogens (tertiary/aromatic N) is 1. The molecule has 0 fully saturated rings. The van der Waals surface area contributed by atoms with Gasteiger partial charge in [-0.15, -0.1) is 0 Å². The molecule has 5 nitrogen and oxygen atoms in total. The second-order valence-corrected chi connectivity index (χ2v) is 4.33. The molecule has 2 rings (SSSR count). The van der Waals surface area contributed by atoms with Crippen LogP contribution in [0.25, 0.3) is 0 Å². The molecule has 0 unspecified atom stereocenters. The number of anilines is 1. The molecule has 88 valence electrons. The van der Waals surface area contributed by atoms with Gasteiger partial charge in [-0.3, -0.25) is 4.79 Å². The van der Waals surface area contributed by atoms with Gasteiger partial charge in [-0.05, 0) is 17.7 Å². The molecule has 3 N–H and O–H groups in total. The Hall–Kier alpha value is -1.82. The maximum Gasteiger partial charge on any atom is 0.278 e. The van der Waals surface area contributed by atoms with E-state index in [0.717, 1.165) is 16.4 Å². The first kappa shape index (κ1) is 11.7. The monoisotopic (exact) mass is 295 g/mol. The Kier molecular flexibility index (Phi) is 3.43. The summed E-state index contributed by atoms with van der Waals surface area (Å²) < 4.78 is 0.989. The Bertz CT molecular complexity index is 566. The van der Waals surface area contributed by atoms with Crippen molar-refractivity contribution in [2.75, 3.05) is 5.32 Å². The molecule has 1 aromatic heterocycles. The third-order valence-electron chi connectivity index (χ3n) is 2.22. The zero-order valence-corrected chi connectivity index (χ0v) is 10.4. The second-order valence-electron chi connectivity index (χ2n) is 3.41. The number of nitrogens with one attached hydrogen (secondary N) is 2. The normalized spacial score (nSPS) is 10.2. The number of benzene rings is 1. The van der Waals surface area contributed by atoms with Crippen molar-refractivity contribution in [3.05, 3.63) is 51.0 Å². The lowest BCUT2D eigenvalue weighted by atomic mass is 10.2. The quantitative estimate of drug-likeness (QED) is 0.807. The summed E-state index contributed by atoms with van der Waals surface area (Å²) in [7, 11) is 0. The van der Waals surface area contributed by atoms with Gasteiger partial charge < -0.3 is 15.4 Å². The fourth-order valence-corrected chi connectivity index (χ4v) is 1.61. The Morgan fingerprint density at radius 1 is 1.35 bits per heavy atom. The molecule has 1 aromatic carbocycles. The standard InChI is InChI=1S/C11H10BrN3O2/c12-8-3-1-7(2-4-8)5-13-9-10(16)14-6-15-11(9)17/h1-4,6,13H,5H2,(H2,14,15,16,17). The largest absolute Gasteiger partial charge is 0.492 e. The molecule has 0 aliphatic rings. The van der Waals surface area contributed by atoms with E-state index in [0.29, 0.717) is 6.54 Å². The smallest absolute Gasteiger partial charge is 0.278 e. The van der Waals surface area contributed by atoms with Gasteiger partial charge in [0.25, 0.3) is 5.56 Å². The Labute approximate surface area is 106 Å². The summed E-state index contributed by atoms with van der Waals surface area (Å²) >= 11 is 3.34. The summed E-state index contributed by atoms with van der Waals surface area (Å²) in [6.07, 6.45) is 1.16. The molecule has 0 aliphatic heterocycles. The first-order valence-corrected chi connectivity index (χ1v) is 5.71. The lowest BCUT2D eigenvalue weighted by Crippen LogP contribution is -2.14. The molecule has 0 atom stereocenters. The fourth-order valence-electron chi connectivity index (χ4n) is 1.34. The van der Waals surface area contributed by atoms with Gasteiger partial charge in [0.2, 0.25) is 5.88 Å². The summed E-state index contributed by atoms with van der Waals surface area (Å²) in [5, 5.41) is 12.3. The SMILES string of the molecule is O=c1[nH]cnc(O)c1NCc1ccc(Br)cc1. The van der Waals surface area contributed by atoms with Gasteiger partial charge in [-0.25, -0.2) is 4.98 Å². The van der Waals surface area contributed by atoms with Crippen molar-refractivity contribution in [3.63, 3.8) is 0 Å². The molecular formula is C11H10BrN3O2. The highest BCUT2D eigenvalue weighted by Crippen LogP contribution is 2.15. The van der Waals surface area contributed by atoms with Crippen LogP contribution in [-0.2, 0) is 6.54 Å². The van der Waals surface area contributed by atoms with Gasteiger partial charge in [-0.2, -0.15) is 0 Å². The number of aromatic nitrogens is 2. The Morgan fingerprint density at radius 2 is 2.06 bits per heavy atom. The first-order chi connectivity index (χ1) is 8.16. The minimum atomic E-state index is -0.394. The van der Waals surface area contributed by atoms with Gasteiger partial charge in [-0.1, -0.05) is 28.1 Å². The van der Waals surface area contributed by atoms with Crippen molar-refractivity contribution in [2.24, 2.45) is 0 Å². The Balaban J connectivity index is 2.12. The Morgan fingerprint density at radius 3 is 2.71 bits per heavy atom. The van der Waals surface area contributed by atoms with Gasteiger partial charge >= 0.3 is 0 Å². The van der Waals surface area contributed by atoms with Gasteiger partial charge in [0.15, 0.2) is 5.69 Å². The van der Waals surface area contributed by atoms with Crippen LogP contribution in [0.15, 0.2) is 39.9 Å². The molecule has 17 heavy (non-hydrogen) atoms. The van der Waals surface area contributed by atoms with Crippen LogP contribution in [0.4, 0.5) is 5.69 Å². The van der Waals surface area contributed by atoms with Gasteiger partial charge in [0.05, 0.1) is 6.33 Å². The van der Waals surface area contributed by atoms with E-state index in [4.69, 9.17) is 0 Å². The van der Waals surface area contributed by atoms with E-state index in [-0.39, 0.29) is 11.6 Å². The van der Waals surface area contributed by atoms with E-state index in [2.05, 4.69) is 31.2 Å². The van der Waals surface area contributed by atoms with Crippen molar-refractivity contribution < 1.29 is 5.11 Å². The lowest BCUT2D eigenvalue weighted by Gasteiger charge is -2.06. The highest BCUT2D eigenvalue weighted by Gasteiger charge is 2.06. The van der Waals surface area contributed by atoms with Crippen LogP contribution in [0.2, 0.25) is 0 Å². The minimum Gasteiger partial charge on any atom is -0.492 e. The lowest BCUT2D eigenvalue weighted by molar-refractivity contribution is 0.453. The van der Waals surface area contributed by atoms with Crippen molar-refractivity contribution in [2.45, 2.75) is 6.54 Å². The van der Waals surface area contributed by atoms with Crippen LogP contribution in [0.1, 0.15) is 5.56 Å². The van der Waals surface area contributed by atoms with Crippen LogP contribution in [0, 0.1) is 0 Å². The predicted octanol–water partition coefficient (Wildman–Crippen LogP) is 1.85. The molecule has 2 aromatic rings. The number of H-pyrrole nitrogens is 1. The third-order valence-corrected chi connectivity index (χ3v) is 2.74. The summed E-state index contributed by atoms with van der Waals surface area (Å²) in [6.45, 7) is 0.440. The van der Waals surface area contributed by atoms with Gasteiger partial charge in [0, 0.05) is 11.0 Å². The summed E-state index contributed by atoms with van der Waals surface area (Å²) in [4.78, 5) is 17.4. The number of hydrogen-bond donors (Lipinski definition) is 3. The summed E-state index contributed by atoms with van der Waals surface area (Å²) in [5.41, 5.74) is 0.681. The molecule has 0 saturated heterocycles. The number of hydrogen-bond acceptors (Lipinski definition) is 4. The molecule has 0 amide bonds. The van der Waals surface area contributed by atoms with Crippen molar-refractivity contribution in [3.8, 4) is 5.88 Å². The second kappa shape index (κ2) is 5.01. The minimum absolute atomic E-state index is 0.0791. The maximum absolute atomic E-state index is 11.4. The predicted molar refractivity (Wildman–Crippen MR) is 68.0 cm³/mol. The molecular weight excluding hydrogens is 286 g/mol. The molecule has 0 radical (unpaired) electrons. The van der Waals surface area contributed by atoms with Crippen LogP contribution >= 0.6 is 15.9 Å². The average molecular weight is 296 g/mol. The van der Waals surface area contributed by atoms with Crippen molar-refractivity contribution >= 4 is 21.6 Å². The van der Waals surface area contributed by atoms with Crippen molar-refractivity contribution in [1.29, 1.82) is 0 Å². The molecule has 6 heteroatoms.